The highest BCUT2D eigenvalue weighted by Gasteiger charge is 2.35. The molecule has 0 radical (unpaired) electrons. The van der Waals surface area contributed by atoms with Gasteiger partial charge in [0.25, 0.3) is 0 Å². The molecule has 4 aromatic carbocycles. The number of anilines is 2. The third-order valence-electron chi connectivity index (χ3n) is 9.49. The van der Waals surface area contributed by atoms with Gasteiger partial charge in [0.05, 0.1) is 25.2 Å². The molecule has 0 amide bonds. The highest BCUT2D eigenvalue weighted by molar-refractivity contribution is 5.48. The molecule has 0 aliphatic carbocycles. The number of hydrogen-bond acceptors (Lipinski definition) is 10. The molecule has 1 saturated heterocycles. The van der Waals surface area contributed by atoms with Gasteiger partial charge in [0.2, 0.25) is 0 Å². The summed E-state index contributed by atoms with van der Waals surface area (Å²) in [5.74, 6) is 1.67. The Kier molecular flexibility index (Phi) is 9.90. The van der Waals surface area contributed by atoms with Gasteiger partial charge < -0.3 is 9.80 Å². The van der Waals surface area contributed by atoms with Crippen LogP contribution >= 0.6 is 0 Å². The van der Waals surface area contributed by atoms with Gasteiger partial charge in [-0.2, -0.15) is 0 Å². The molecule has 1 aliphatic heterocycles. The van der Waals surface area contributed by atoms with Crippen LogP contribution in [-0.4, -0.2) is 105 Å². The van der Waals surface area contributed by atoms with E-state index >= 15 is 0 Å². The van der Waals surface area contributed by atoms with Gasteiger partial charge in [-0.1, -0.05) is 84.9 Å². The number of piperazine rings is 1. The molecule has 3 heterocycles. The summed E-state index contributed by atoms with van der Waals surface area (Å²) in [4.78, 5) is 9.25. The number of rotatable bonds is 12. The predicted octanol–water partition coefficient (Wildman–Crippen LogP) is 4.38. The molecule has 1 aliphatic rings. The van der Waals surface area contributed by atoms with E-state index in [1.807, 2.05) is 21.5 Å². The maximum Gasteiger partial charge on any atom is 0.173 e. The third kappa shape index (κ3) is 7.26. The van der Waals surface area contributed by atoms with Gasteiger partial charge in [-0.3, -0.25) is 9.80 Å². The van der Waals surface area contributed by atoms with Gasteiger partial charge in [-0.05, 0) is 67.4 Å². The molecule has 6 aromatic rings. The number of tetrazole rings is 2. The van der Waals surface area contributed by atoms with E-state index in [9.17, 15) is 0 Å². The van der Waals surface area contributed by atoms with Gasteiger partial charge in [0.1, 0.15) is 0 Å². The molecule has 2 unspecified atom stereocenters. The third-order valence-corrected chi connectivity index (χ3v) is 9.49. The van der Waals surface area contributed by atoms with Crippen LogP contribution in [0.4, 0.5) is 11.4 Å². The average Bonchev–Trinajstić information content (AvgIpc) is 3.80. The normalized spacial score (nSPS) is 15.1. The summed E-state index contributed by atoms with van der Waals surface area (Å²) in [7, 11) is 8.25. The van der Waals surface area contributed by atoms with E-state index < -0.39 is 0 Å². The second-order valence-electron chi connectivity index (χ2n) is 13.2. The molecule has 2 aromatic heterocycles. The Morgan fingerprint density at radius 1 is 0.500 bits per heavy atom. The lowest BCUT2D eigenvalue weighted by Crippen LogP contribution is -2.50. The van der Waals surface area contributed by atoms with Crippen molar-refractivity contribution < 1.29 is 0 Å². The fourth-order valence-electron chi connectivity index (χ4n) is 6.76. The molecule has 12 heteroatoms. The van der Waals surface area contributed by atoms with E-state index in [-0.39, 0.29) is 12.1 Å². The molecule has 256 valence electrons. The number of benzene rings is 4. The maximum absolute atomic E-state index is 4.64. The lowest BCUT2D eigenvalue weighted by molar-refractivity contribution is 0.0825. The van der Waals surface area contributed by atoms with E-state index in [2.05, 4.69) is 176 Å². The van der Waals surface area contributed by atoms with Gasteiger partial charge >= 0.3 is 0 Å². The summed E-state index contributed by atoms with van der Waals surface area (Å²) in [5, 5.41) is 26.6. The molecule has 2 atom stereocenters. The second kappa shape index (κ2) is 15.0. The molecule has 0 bridgehead atoms. The summed E-state index contributed by atoms with van der Waals surface area (Å²) in [6, 6.07) is 38.0. The monoisotopic (exact) mass is 668 g/mol. The lowest BCUT2D eigenvalue weighted by atomic mass is 10.00. The van der Waals surface area contributed by atoms with Crippen LogP contribution in [0, 0.1) is 0 Å². The molecule has 0 spiro atoms. The van der Waals surface area contributed by atoms with Crippen LogP contribution in [0.3, 0.4) is 0 Å². The topological polar surface area (TPSA) is 100 Å². The van der Waals surface area contributed by atoms with Crippen molar-refractivity contribution in [2.75, 3.05) is 64.2 Å². The standard InChI is InChI=1S/C38H44N12/c1-45(2)33-19-15-31(16-20-33)35(37-39-41-43-49(37)27-29-11-7-5-8-12-29)47-23-25-48(26-24-47)36(32-17-21-34(22-18-32)46(3)4)38-40-42-44-50(38)28-30-13-9-6-10-14-30/h5-22,35-36H,23-28H2,1-4H3. The fraction of sp³-hybridized carbons (Fsp3) is 0.316. The van der Waals surface area contributed by atoms with Gasteiger partial charge in [0, 0.05) is 65.7 Å². The van der Waals surface area contributed by atoms with E-state index in [0.717, 1.165) is 71.5 Å². The second-order valence-corrected chi connectivity index (χ2v) is 13.2. The molecule has 1 fully saturated rings. The van der Waals surface area contributed by atoms with Gasteiger partial charge in [0.15, 0.2) is 11.6 Å². The van der Waals surface area contributed by atoms with Crippen LogP contribution in [0.2, 0.25) is 0 Å². The van der Waals surface area contributed by atoms with Crippen LogP contribution in [0.25, 0.3) is 0 Å². The van der Waals surface area contributed by atoms with Crippen molar-refractivity contribution >= 4 is 11.4 Å². The lowest BCUT2D eigenvalue weighted by Gasteiger charge is -2.41. The smallest absolute Gasteiger partial charge is 0.173 e. The largest absolute Gasteiger partial charge is 0.378 e. The highest BCUT2D eigenvalue weighted by atomic mass is 15.6. The summed E-state index contributed by atoms with van der Waals surface area (Å²) in [6.45, 7) is 4.44. The van der Waals surface area contributed by atoms with Crippen LogP contribution in [0.5, 0.6) is 0 Å². The molecule has 50 heavy (non-hydrogen) atoms. The summed E-state index contributed by atoms with van der Waals surface area (Å²) in [5.41, 5.74) is 6.94. The first-order valence-corrected chi connectivity index (χ1v) is 17.1. The quantitative estimate of drug-likeness (QED) is 0.187. The maximum atomic E-state index is 4.64. The Balaban J connectivity index is 1.19. The van der Waals surface area contributed by atoms with Gasteiger partial charge in [-0.25, -0.2) is 9.36 Å². The number of nitrogens with zero attached hydrogens (tertiary/aromatic N) is 12. The summed E-state index contributed by atoms with van der Waals surface area (Å²) < 4.78 is 3.89. The molecule has 7 rings (SSSR count). The fourth-order valence-corrected chi connectivity index (χ4v) is 6.76. The van der Waals surface area contributed by atoms with Crippen LogP contribution in [0.1, 0.15) is 46.0 Å². The SMILES string of the molecule is CN(C)c1ccc(C(c2nnnn2Cc2ccccc2)N2CCN(C(c3ccc(N(C)C)cc3)c3nnnn3Cc3ccccc3)CC2)cc1. The Bertz CT molecular complexity index is 1780. The zero-order valence-corrected chi connectivity index (χ0v) is 29.2. The first kappa shape index (κ1) is 33.1. The van der Waals surface area contributed by atoms with Crippen LogP contribution in [-0.2, 0) is 13.1 Å². The Labute approximate surface area is 293 Å². The minimum Gasteiger partial charge on any atom is -0.378 e. The van der Waals surface area contributed by atoms with Crippen molar-refractivity contribution in [3.05, 3.63) is 143 Å². The molecular formula is C38H44N12. The zero-order chi connectivity index (χ0) is 34.5. The molecule has 12 nitrogen and oxygen atoms in total. The predicted molar refractivity (Wildman–Crippen MR) is 195 cm³/mol. The molecule has 0 saturated carbocycles. The Morgan fingerprint density at radius 2 is 0.860 bits per heavy atom. The van der Waals surface area contributed by atoms with Crippen molar-refractivity contribution in [3.8, 4) is 0 Å². The highest BCUT2D eigenvalue weighted by Crippen LogP contribution is 2.34. The number of hydrogen-bond donors (Lipinski definition) is 0. The minimum absolute atomic E-state index is 0.117. The Morgan fingerprint density at radius 3 is 1.20 bits per heavy atom. The first-order chi connectivity index (χ1) is 24.4. The van der Waals surface area contributed by atoms with Crippen LogP contribution < -0.4 is 9.80 Å². The van der Waals surface area contributed by atoms with E-state index in [1.54, 1.807) is 0 Å². The van der Waals surface area contributed by atoms with E-state index in [0.29, 0.717) is 13.1 Å². The van der Waals surface area contributed by atoms with Gasteiger partial charge in [-0.15, -0.1) is 10.2 Å². The summed E-state index contributed by atoms with van der Waals surface area (Å²) in [6.07, 6.45) is 0. The van der Waals surface area contributed by atoms with Crippen molar-refractivity contribution in [3.63, 3.8) is 0 Å². The van der Waals surface area contributed by atoms with Crippen molar-refractivity contribution in [2.45, 2.75) is 25.2 Å². The van der Waals surface area contributed by atoms with Crippen LogP contribution in [0.15, 0.2) is 109 Å². The van der Waals surface area contributed by atoms with Crippen molar-refractivity contribution in [1.82, 2.24) is 50.2 Å². The molecule has 0 N–H and O–H groups in total. The van der Waals surface area contributed by atoms with E-state index in [1.165, 1.54) is 0 Å². The number of aromatic nitrogens is 8. The zero-order valence-electron chi connectivity index (χ0n) is 29.2. The minimum atomic E-state index is -0.117. The summed E-state index contributed by atoms with van der Waals surface area (Å²) >= 11 is 0. The van der Waals surface area contributed by atoms with Crippen molar-refractivity contribution in [1.29, 1.82) is 0 Å². The average molecular weight is 669 g/mol. The first-order valence-electron chi connectivity index (χ1n) is 17.1. The Hall–Kier alpha value is -5.46. The van der Waals surface area contributed by atoms with E-state index in [4.69, 9.17) is 0 Å². The molecular weight excluding hydrogens is 625 g/mol. The van der Waals surface area contributed by atoms with Crippen molar-refractivity contribution in [2.24, 2.45) is 0 Å².